The molecule has 1 saturated carbocycles. The molecule has 0 saturated heterocycles. The molecule has 3 aromatic rings. The molecule has 1 heterocycles. The summed E-state index contributed by atoms with van der Waals surface area (Å²) in [7, 11) is 1.54. The number of carbonyl (C=O) groups excluding carboxylic acids is 3. The van der Waals surface area contributed by atoms with E-state index in [1.165, 1.54) is 38.5 Å². The molecule has 1 unspecified atom stereocenters. The Labute approximate surface area is 270 Å². The minimum absolute atomic E-state index is 0.0508. The topological polar surface area (TPSA) is 97.0 Å². The van der Waals surface area contributed by atoms with Crippen LogP contribution in [-0.2, 0) is 27.4 Å². The molecule has 1 aliphatic heterocycles. The number of ether oxygens (including phenoxy) is 2. The van der Waals surface area contributed by atoms with Gasteiger partial charge in [0.2, 0.25) is 5.91 Å². The van der Waals surface area contributed by atoms with Gasteiger partial charge in [-0.1, -0.05) is 68.5 Å². The van der Waals surface area contributed by atoms with Crippen molar-refractivity contribution in [2.45, 2.75) is 76.5 Å². The van der Waals surface area contributed by atoms with Crippen molar-refractivity contribution in [1.82, 2.24) is 10.6 Å². The molecule has 0 spiro atoms. The van der Waals surface area contributed by atoms with Crippen LogP contribution < -0.4 is 20.3 Å². The summed E-state index contributed by atoms with van der Waals surface area (Å²) < 4.78 is 24.8. The van der Waals surface area contributed by atoms with Crippen LogP contribution in [0.3, 0.4) is 0 Å². The summed E-state index contributed by atoms with van der Waals surface area (Å²) in [6.45, 7) is 1.11. The fourth-order valence-corrected chi connectivity index (χ4v) is 6.51. The molecule has 9 heteroatoms. The van der Waals surface area contributed by atoms with E-state index >= 15 is 0 Å². The molecule has 0 bridgehead atoms. The molecule has 46 heavy (non-hydrogen) atoms. The van der Waals surface area contributed by atoms with E-state index in [0.29, 0.717) is 43.2 Å². The highest BCUT2D eigenvalue weighted by molar-refractivity contribution is 5.98. The van der Waals surface area contributed by atoms with Gasteiger partial charge in [-0.15, -0.1) is 0 Å². The molecule has 8 nitrogen and oxygen atoms in total. The van der Waals surface area contributed by atoms with E-state index in [0.717, 1.165) is 36.1 Å². The number of halogens is 1. The minimum Gasteiger partial charge on any atom is -0.497 e. The average molecular weight is 630 g/mol. The van der Waals surface area contributed by atoms with Crippen molar-refractivity contribution < 1.29 is 28.2 Å². The summed E-state index contributed by atoms with van der Waals surface area (Å²) in [4.78, 5) is 42.5. The highest BCUT2D eigenvalue weighted by Crippen LogP contribution is 2.30. The summed E-state index contributed by atoms with van der Waals surface area (Å²) in [5, 5.41) is 6.05. The summed E-state index contributed by atoms with van der Waals surface area (Å²) >= 11 is 0. The monoisotopic (exact) mass is 629 g/mol. The largest absolute Gasteiger partial charge is 0.497 e. The molecular formula is C37H44FN3O5. The van der Waals surface area contributed by atoms with Gasteiger partial charge in [-0.2, -0.15) is 0 Å². The van der Waals surface area contributed by atoms with Gasteiger partial charge in [0.1, 0.15) is 24.2 Å². The highest BCUT2D eigenvalue weighted by Gasteiger charge is 2.29. The van der Waals surface area contributed by atoms with Gasteiger partial charge in [0, 0.05) is 24.3 Å². The van der Waals surface area contributed by atoms with Crippen LogP contribution >= 0.6 is 0 Å². The molecule has 3 aromatic carbocycles. The Morgan fingerprint density at radius 3 is 2.54 bits per heavy atom. The van der Waals surface area contributed by atoms with Crippen molar-refractivity contribution >= 4 is 23.5 Å². The molecule has 244 valence electrons. The molecular weight excluding hydrogens is 585 g/mol. The second-order valence-electron chi connectivity index (χ2n) is 12.4. The fraction of sp³-hybridized carbons (Fsp3) is 0.432. The van der Waals surface area contributed by atoms with Gasteiger partial charge in [0.15, 0.2) is 0 Å². The Balaban J connectivity index is 1.31. The molecule has 1 fully saturated rings. The first-order valence-corrected chi connectivity index (χ1v) is 16.4. The first-order chi connectivity index (χ1) is 22.4. The standard InChI is InChI=1S/C37H44FN3O5/c1-45-32-14-8-13-29(22-32)36(43)40-33(17-15-26-9-4-2-5-10-26)37(44)39-31(23-35(42)46-25-27-11-6-3-7-12-27)24-41-20-19-28-21-30(38)16-18-34(28)41/h3,6-8,11-14,16,18,21-22,26,31,33H,2,4-5,9-10,15,17,19-20,23-25H2,1H3,(H,39,44)(H,40,43)/t31-,33?/m0/s1. The number of fused-ring (bicyclic) bond motifs is 1. The Morgan fingerprint density at radius 2 is 1.76 bits per heavy atom. The van der Waals surface area contributed by atoms with Crippen molar-refractivity contribution in [2.75, 3.05) is 25.1 Å². The van der Waals surface area contributed by atoms with E-state index in [9.17, 15) is 18.8 Å². The zero-order valence-corrected chi connectivity index (χ0v) is 26.5. The first kappa shape index (κ1) is 33.0. The molecule has 2 amide bonds. The summed E-state index contributed by atoms with van der Waals surface area (Å²) in [6, 6.07) is 19.6. The third-order valence-corrected chi connectivity index (χ3v) is 9.02. The number of rotatable bonds is 14. The van der Waals surface area contributed by atoms with E-state index < -0.39 is 18.1 Å². The Morgan fingerprint density at radius 1 is 0.957 bits per heavy atom. The highest BCUT2D eigenvalue weighted by atomic mass is 19.1. The summed E-state index contributed by atoms with van der Waals surface area (Å²) in [6.07, 6.45) is 7.80. The third kappa shape index (κ3) is 9.31. The third-order valence-electron chi connectivity index (χ3n) is 9.02. The molecule has 0 radical (unpaired) electrons. The van der Waals surface area contributed by atoms with Crippen molar-refractivity contribution in [3.8, 4) is 5.75 Å². The Bertz CT molecular complexity index is 1480. The summed E-state index contributed by atoms with van der Waals surface area (Å²) in [5.74, 6) is -0.364. The van der Waals surface area contributed by atoms with Crippen molar-refractivity contribution in [2.24, 2.45) is 5.92 Å². The van der Waals surface area contributed by atoms with Gasteiger partial charge in [-0.05, 0) is 72.7 Å². The lowest BCUT2D eigenvalue weighted by Crippen LogP contribution is -2.53. The second kappa shape index (κ2) is 16.2. The minimum atomic E-state index is -0.788. The molecule has 0 aromatic heterocycles. The van der Waals surface area contributed by atoms with Crippen LogP contribution in [0.1, 0.15) is 72.9 Å². The lowest BCUT2D eigenvalue weighted by atomic mass is 9.85. The Kier molecular flexibility index (Phi) is 11.6. The molecule has 5 rings (SSSR count). The lowest BCUT2D eigenvalue weighted by molar-refractivity contribution is -0.145. The van der Waals surface area contributed by atoms with Gasteiger partial charge < -0.3 is 25.0 Å². The van der Waals surface area contributed by atoms with E-state index in [-0.39, 0.29) is 30.7 Å². The molecule has 2 atom stereocenters. The maximum atomic E-state index is 14.0. The maximum Gasteiger partial charge on any atom is 0.308 e. The van der Waals surface area contributed by atoms with Crippen LogP contribution in [0.2, 0.25) is 0 Å². The van der Waals surface area contributed by atoms with Crippen LogP contribution in [-0.4, -0.2) is 50.1 Å². The van der Waals surface area contributed by atoms with E-state index in [1.54, 1.807) is 30.3 Å². The number of hydrogen-bond donors (Lipinski definition) is 2. The van der Waals surface area contributed by atoms with E-state index in [4.69, 9.17) is 9.47 Å². The fourth-order valence-electron chi connectivity index (χ4n) is 6.51. The van der Waals surface area contributed by atoms with E-state index in [2.05, 4.69) is 15.5 Å². The number of amides is 2. The van der Waals surface area contributed by atoms with Crippen LogP contribution in [0, 0.1) is 11.7 Å². The number of carbonyl (C=O) groups is 3. The maximum absolute atomic E-state index is 14.0. The first-order valence-electron chi connectivity index (χ1n) is 16.4. The number of benzene rings is 3. The smallest absolute Gasteiger partial charge is 0.308 e. The molecule has 1 aliphatic carbocycles. The van der Waals surface area contributed by atoms with Crippen LogP contribution in [0.5, 0.6) is 5.75 Å². The quantitative estimate of drug-likeness (QED) is 0.213. The average Bonchev–Trinajstić information content (AvgIpc) is 3.47. The SMILES string of the molecule is COc1cccc(C(=O)NC(CCC2CCCCC2)C(=O)N[C@@H](CC(=O)OCc2ccccc2)CN2CCc3cc(F)ccc32)c1. The number of nitrogens with zero attached hydrogens (tertiary/aromatic N) is 1. The van der Waals surface area contributed by atoms with Gasteiger partial charge in [-0.3, -0.25) is 14.4 Å². The number of hydrogen-bond acceptors (Lipinski definition) is 6. The van der Waals surface area contributed by atoms with Crippen molar-refractivity contribution in [1.29, 1.82) is 0 Å². The number of anilines is 1. The van der Waals surface area contributed by atoms with Gasteiger partial charge in [-0.25, -0.2) is 4.39 Å². The van der Waals surface area contributed by atoms with Gasteiger partial charge in [0.25, 0.3) is 5.91 Å². The van der Waals surface area contributed by atoms with Crippen LogP contribution in [0.25, 0.3) is 0 Å². The normalized spacial score (nSPS) is 15.8. The zero-order valence-electron chi connectivity index (χ0n) is 26.5. The number of nitrogens with one attached hydrogen (secondary N) is 2. The zero-order chi connectivity index (χ0) is 32.3. The van der Waals surface area contributed by atoms with Gasteiger partial charge >= 0.3 is 5.97 Å². The Hall–Kier alpha value is -4.40. The van der Waals surface area contributed by atoms with Crippen LogP contribution in [0.15, 0.2) is 72.8 Å². The molecule has 2 N–H and O–H groups in total. The second-order valence-corrected chi connectivity index (χ2v) is 12.4. The molecule has 2 aliphatic rings. The summed E-state index contributed by atoms with van der Waals surface area (Å²) in [5.41, 5.74) is 3.05. The van der Waals surface area contributed by atoms with Crippen molar-refractivity contribution in [3.63, 3.8) is 0 Å². The van der Waals surface area contributed by atoms with E-state index in [1.807, 2.05) is 30.3 Å². The predicted octanol–water partition coefficient (Wildman–Crippen LogP) is 5.97. The lowest BCUT2D eigenvalue weighted by Gasteiger charge is -2.29. The van der Waals surface area contributed by atoms with Crippen LogP contribution in [0.4, 0.5) is 10.1 Å². The van der Waals surface area contributed by atoms with Gasteiger partial charge in [0.05, 0.1) is 19.6 Å². The predicted molar refractivity (Wildman–Crippen MR) is 175 cm³/mol. The number of esters is 1. The van der Waals surface area contributed by atoms with Crippen molar-refractivity contribution in [3.05, 3.63) is 95.3 Å². The number of methoxy groups -OCH3 is 1.